The minimum Gasteiger partial charge on any atom is -0.423 e. The van der Waals surface area contributed by atoms with Gasteiger partial charge in [0.05, 0.1) is 5.02 Å². The SMILES string of the molecule is CCc1cc(OP(O)(O)=S)c(Cl)c(CC)c1Cl. The largest absolute Gasteiger partial charge is 0.423 e. The summed E-state index contributed by atoms with van der Waals surface area (Å²) >= 11 is 16.7. The summed E-state index contributed by atoms with van der Waals surface area (Å²) in [6, 6.07) is 1.59. The van der Waals surface area contributed by atoms with Crippen LogP contribution in [0.2, 0.25) is 10.0 Å². The van der Waals surface area contributed by atoms with Crippen LogP contribution in [0, 0.1) is 0 Å². The molecule has 1 aromatic carbocycles. The zero-order valence-electron chi connectivity index (χ0n) is 9.41. The molecule has 0 aliphatic heterocycles. The van der Waals surface area contributed by atoms with E-state index in [0.717, 1.165) is 11.1 Å². The van der Waals surface area contributed by atoms with Crippen molar-refractivity contribution in [3.8, 4) is 5.75 Å². The fraction of sp³-hybridized carbons (Fsp3) is 0.400. The monoisotopic (exact) mass is 314 g/mol. The molecule has 0 fully saturated rings. The Kier molecular flexibility index (Phi) is 5.26. The predicted molar refractivity (Wildman–Crippen MR) is 74.6 cm³/mol. The lowest BCUT2D eigenvalue weighted by Crippen LogP contribution is -1.97. The maximum Gasteiger partial charge on any atom is 0.375 e. The van der Waals surface area contributed by atoms with Crippen molar-refractivity contribution in [1.29, 1.82) is 0 Å². The Labute approximate surface area is 116 Å². The summed E-state index contributed by atoms with van der Waals surface area (Å²) < 4.78 is 4.92. The molecule has 1 rings (SSSR count). The van der Waals surface area contributed by atoms with E-state index in [1.165, 1.54) is 0 Å². The summed E-state index contributed by atoms with van der Waals surface area (Å²) in [5.41, 5.74) is 1.57. The van der Waals surface area contributed by atoms with Crippen LogP contribution in [-0.4, -0.2) is 9.79 Å². The van der Waals surface area contributed by atoms with Crippen molar-refractivity contribution in [2.24, 2.45) is 0 Å². The number of aryl methyl sites for hydroxylation is 1. The van der Waals surface area contributed by atoms with E-state index in [-0.39, 0.29) is 10.8 Å². The van der Waals surface area contributed by atoms with Crippen LogP contribution in [0.4, 0.5) is 0 Å². The number of benzene rings is 1. The summed E-state index contributed by atoms with van der Waals surface area (Å²) in [5, 5.41) is 0.878. The van der Waals surface area contributed by atoms with E-state index in [1.54, 1.807) is 6.07 Å². The van der Waals surface area contributed by atoms with Gasteiger partial charge < -0.3 is 14.3 Å². The fourth-order valence-corrected chi connectivity index (χ4v) is 2.97. The number of halogens is 2. The molecule has 3 nitrogen and oxygen atoms in total. The van der Waals surface area contributed by atoms with Gasteiger partial charge in [-0.25, -0.2) is 0 Å². The van der Waals surface area contributed by atoms with Crippen LogP contribution in [0.25, 0.3) is 0 Å². The predicted octanol–water partition coefficient (Wildman–Crippen LogP) is 3.71. The first-order valence-electron chi connectivity index (χ1n) is 5.05. The Morgan fingerprint density at radius 2 is 1.82 bits per heavy atom. The highest BCUT2D eigenvalue weighted by Crippen LogP contribution is 2.44. The quantitative estimate of drug-likeness (QED) is 0.832. The molecule has 0 radical (unpaired) electrons. The van der Waals surface area contributed by atoms with E-state index in [0.29, 0.717) is 17.9 Å². The maximum atomic E-state index is 9.16. The molecule has 0 unspecified atom stereocenters. The molecule has 0 aromatic heterocycles. The molecule has 0 bridgehead atoms. The van der Waals surface area contributed by atoms with Gasteiger partial charge in [0.2, 0.25) is 0 Å². The minimum absolute atomic E-state index is 0.179. The summed E-state index contributed by atoms with van der Waals surface area (Å²) in [6.45, 7) is 0.0593. The molecule has 96 valence electrons. The van der Waals surface area contributed by atoms with Gasteiger partial charge in [0.25, 0.3) is 0 Å². The summed E-state index contributed by atoms with van der Waals surface area (Å²) in [5.74, 6) is 0.179. The Bertz CT molecular complexity index is 473. The first-order chi connectivity index (χ1) is 7.80. The standard InChI is InChI=1S/C10H13Cl2O3PS/c1-3-6-5-8(15-16(13,14)17)10(12)7(4-2)9(6)11/h5H,3-4H2,1-2H3,(H2,13,14,17). The highest BCUT2D eigenvalue weighted by Gasteiger charge is 2.19. The van der Waals surface area contributed by atoms with E-state index in [2.05, 4.69) is 11.8 Å². The van der Waals surface area contributed by atoms with Gasteiger partial charge in [-0.1, -0.05) is 37.0 Å². The lowest BCUT2D eigenvalue weighted by molar-refractivity contribution is 0.370. The highest BCUT2D eigenvalue weighted by atomic mass is 35.5. The van der Waals surface area contributed by atoms with Crippen molar-refractivity contribution in [1.82, 2.24) is 0 Å². The Hall–Kier alpha value is 0.170. The second-order valence-corrected chi connectivity index (χ2v) is 6.78. The van der Waals surface area contributed by atoms with E-state index in [9.17, 15) is 0 Å². The number of rotatable bonds is 4. The molecule has 0 spiro atoms. The molecule has 1 aromatic rings. The van der Waals surface area contributed by atoms with Crippen LogP contribution in [0.1, 0.15) is 25.0 Å². The molecule has 0 atom stereocenters. The average molecular weight is 315 g/mol. The first kappa shape index (κ1) is 15.2. The number of hydrogen-bond acceptors (Lipinski definition) is 2. The van der Waals surface area contributed by atoms with Crippen molar-refractivity contribution in [2.45, 2.75) is 26.7 Å². The van der Waals surface area contributed by atoms with Gasteiger partial charge in [-0.15, -0.1) is 0 Å². The van der Waals surface area contributed by atoms with Gasteiger partial charge in [0.1, 0.15) is 5.75 Å². The smallest absolute Gasteiger partial charge is 0.375 e. The molecule has 0 saturated heterocycles. The highest BCUT2D eigenvalue weighted by molar-refractivity contribution is 8.06. The van der Waals surface area contributed by atoms with Crippen molar-refractivity contribution in [3.05, 3.63) is 27.2 Å². The minimum atomic E-state index is -3.78. The third-order valence-electron chi connectivity index (χ3n) is 2.29. The molecular formula is C10H13Cl2O3PS. The van der Waals surface area contributed by atoms with Crippen LogP contribution in [-0.2, 0) is 24.6 Å². The van der Waals surface area contributed by atoms with Gasteiger partial charge in [-0.2, -0.15) is 0 Å². The zero-order chi connectivity index (χ0) is 13.2. The van der Waals surface area contributed by atoms with Gasteiger partial charge in [0, 0.05) is 16.8 Å². The topological polar surface area (TPSA) is 49.7 Å². The van der Waals surface area contributed by atoms with Crippen molar-refractivity contribution in [3.63, 3.8) is 0 Å². The van der Waals surface area contributed by atoms with Crippen LogP contribution in [0.3, 0.4) is 0 Å². The van der Waals surface area contributed by atoms with Crippen molar-refractivity contribution in [2.75, 3.05) is 0 Å². The molecule has 2 N–H and O–H groups in total. The first-order valence-corrected chi connectivity index (χ1v) is 8.43. The third kappa shape index (κ3) is 3.82. The van der Waals surface area contributed by atoms with E-state index < -0.39 is 6.72 Å². The fourth-order valence-electron chi connectivity index (χ4n) is 1.49. The Morgan fingerprint density at radius 1 is 1.24 bits per heavy atom. The van der Waals surface area contributed by atoms with E-state index >= 15 is 0 Å². The van der Waals surface area contributed by atoms with Crippen LogP contribution in [0.5, 0.6) is 5.75 Å². The Morgan fingerprint density at radius 3 is 2.24 bits per heavy atom. The normalized spacial score (nSPS) is 11.6. The summed E-state index contributed by atoms with van der Waals surface area (Å²) in [7, 11) is 0. The molecule has 17 heavy (non-hydrogen) atoms. The van der Waals surface area contributed by atoms with Crippen molar-refractivity contribution >= 4 is 41.7 Å². The lowest BCUT2D eigenvalue weighted by Gasteiger charge is -2.16. The zero-order valence-corrected chi connectivity index (χ0v) is 12.6. The molecule has 0 aliphatic carbocycles. The maximum absolute atomic E-state index is 9.16. The van der Waals surface area contributed by atoms with Crippen LogP contribution < -0.4 is 4.52 Å². The van der Waals surface area contributed by atoms with Crippen LogP contribution in [0.15, 0.2) is 6.07 Å². The van der Waals surface area contributed by atoms with Gasteiger partial charge in [0.15, 0.2) is 0 Å². The van der Waals surface area contributed by atoms with E-state index in [4.69, 9.17) is 37.5 Å². The van der Waals surface area contributed by atoms with Crippen LogP contribution >= 0.6 is 29.9 Å². The van der Waals surface area contributed by atoms with Crippen molar-refractivity contribution < 1.29 is 14.3 Å². The van der Waals surface area contributed by atoms with Gasteiger partial charge >= 0.3 is 6.72 Å². The molecule has 0 aliphatic rings. The second kappa shape index (κ2) is 5.87. The number of hydrogen-bond donors (Lipinski definition) is 2. The summed E-state index contributed by atoms with van der Waals surface area (Å²) in [6.07, 6.45) is 1.32. The average Bonchev–Trinajstić information content (AvgIpc) is 2.21. The summed E-state index contributed by atoms with van der Waals surface area (Å²) in [4.78, 5) is 18.3. The second-order valence-electron chi connectivity index (χ2n) is 3.43. The lowest BCUT2D eigenvalue weighted by atomic mass is 10.1. The van der Waals surface area contributed by atoms with Gasteiger partial charge in [-0.05, 0) is 30.0 Å². The Balaban J connectivity index is 3.36. The molecular weight excluding hydrogens is 302 g/mol. The molecule has 7 heteroatoms. The molecule has 0 heterocycles. The third-order valence-corrected chi connectivity index (χ3v) is 3.83. The van der Waals surface area contributed by atoms with Gasteiger partial charge in [-0.3, -0.25) is 0 Å². The van der Waals surface area contributed by atoms with E-state index in [1.807, 2.05) is 13.8 Å². The molecule has 0 amide bonds. The molecule has 0 saturated carbocycles.